The molecule has 0 radical (unpaired) electrons. The molecular weight excluding hydrogens is 394 g/mol. The van der Waals surface area contributed by atoms with Crippen molar-refractivity contribution < 1.29 is 22.7 Å². The van der Waals surface area contributed by atoms with Gasteiger partial charge < -0.3 is 4.74 Å². The highest BCUT2D eigenvalue weighted by atomic mass is 32.2. The number of amides is 2. The summed E-state index contributed by atoms with van der Waals surface area (Å²) in [7, 11) is -3.34. The first kappa shape index (κ1) is 20.7. The number of aryl methyl sites for hydroxylation is 2. The number of carbonyl (C=O) groups is 2. The first-order valence-electron chi connectivity index (χ1n) is 9.04. The molecule has 9 heteroatoms. The van der Waals surface area contributed by atoms with Crippen LogP contribution >= 0.6 is 0 Å². The Kier molecular flexibility index (Phi) is 5.78. The summed E-state index contributed by atoms with van der Waals surface area (Å²) in [6, 6.07) is 10.4. The number of rotatable bonds is 5. The zero-order chi connectivity index (χ0) is 21.2. The first-order valence-corrected chi connectivity index (χ1v) is 10.9. The molecule has 0 spiro atoms. The minimum absolute atomic E-state index is 0.239. The van der Waals surface area contributed by atoms with Gasteiger partial charge in [-0.1, -0.05) is 6.07 Å². The number of sulfonamides is 1. The third-order valence-electron chi connectivity index (χ3n) is 4.48. The predicted octanol–water partition coefficient (Wildman–Crippen LogP) is 1.47. The molecular formula is C20H23N3O5S. The fraction of sp³-hybridized carbons (Fsp3) is 0.300. The largest absolute Gasteiger partial charge is 0.484 e. The number of benzene rings is 2. The number of nitrogens with zero attached hydrogens (tertiary/aromatic N) is 1. The molecule has 29 heavy (non-hydrogen) atoms. The summed E-state index contributed by atoms with van der Waals surface area (Å²) in [4.78, 5) is 24.2. The maximum atomic E-state index is 12.3. The maximum absolute atomic E-state index is 12.3. The number of hydrazine groups is 1. The van der Waals surface area contributed by atoms with Crippen LogP contribution < -0.4 is 19.9 Å². The second kappa shape index (κ2) is 8.12. The van der Waals surface area contributed by atoms with Crippen LogP contribution in [0.2, 0.25) is 0 Å². The van der Waals surface area contributed by atoms with Gasteiger partial charge in [-0.2, -0.15) is 0 Å². The Morgan fingerprint density at radius 2 is 1.76 bits per heavy atom. The molecule has 0 atom stereocenters. The SMILES string of the molecule is Cc1cc(C)cc(OCC(=O)NNC(=O)c2ccc3c(c2)CCN3S(C)(=O)=O)c1. The lowest BCUT2D eigenvalue weighted by Crippen LogP contribution is -2.43. The van der Waals surface area contributed by atoms with Gasteiger partial charge in [-0.05, 0) is 67.3 Å². The summed E-state index contributed by atoms with van der Waals surface area (Å²) in [6.07, 6.45) is 1.68. The Morgan fingerprint density at radius 1 is 1.07 bits per heavy atom. The molecule has 0 aromatic heterocycles. The standard InChI is InChI=1S/C20H23N3O5S/c1-13-8-14(2)10-17(9-13)28-12-19(24)21-22-20(25)16-4-5-18-15(11-16)6-7-23(18)29(3,26)27/h4-5,8-11H,6-7,12H2,1-3H3,(H,21,24)(H,22,25). The average molecular weight is 417 g/mol. The van der Waals surface area contributed by atoms with Gasteiger partial charge in [0.15, 0.2) is 6.61 Å². The van der Waals surface area contributed by atoms with Crippen molar-refractivity contribution in [3.05, 3.63) is 58.7 Å². The second-order valence-electron chi connectivity index (χ2n) is 7.04. The quantitative estimate of drug-likeness (QED) is 0.717. The number of ether oxygens (including phenoxy) is 1. The lowest BCUT2D eigenvalue weighted by atomic mass is 10.1. The van der Waals surface area contributed by atoms with Gasteiger partial charge in [0.05, 0.1) is 11.9 Å². The van der Waals surface area contributed by atoms with Gasteiger partial charge in [0.1, 0.15) is 5.75 Å². The van der Waals surface area contributed by atoms with Crippen molar-refractivity contribution in [1.29, 1.82) is 0 Å². The van der Waals surface area contributed by atoms with Crippen LogP contribution in [0.1, 0.15) is 27.0 Å². The molecule has 1 heterocycles. The normalized spacial score (nSPS) is 13.0. The topological polar surface area (TPSA) is 105 Å². The molecule has 1 aliphatic rings. The molecule has 0 saturated heterocycles. The van der Waals surface area contributed by atoms with E-state index in [-0.39, 0.29) is 6.61 Å². The highest BCUT2D eigenvalue weighted by molar-refractivity contribution is 7.92. The van der Waals surface area contributed by atoms with Gasteiger partial charge in [0, 0.05) is 12.1 Å². The van der Waals surface area contributed by atoms with Crippen LogP contribution in [-0.2, 0) is 21.2 Å². The summed E-state index contributed by atoms with van der Waals surface area (Å²) in [5.74, 6) is -0.412. The summed E-state index contributed by atoms with van der Waals surface area (Å²) in [5, 5.41) is 0. The van der Waals surface area contributed by atoms with Crippen LogP contribution in [0.15, 0.2) is 36.4 Å². The fourth-order valence-corrected chi connectivity index (χ4v) is 4.22. The van der Waals surface area contributed by atoms with Crippen LogP contribution in [-0.4, -0.2) is 39.6 Å². The van der Waals surface area contributed by atoms with Crippen LogP contribution in [0.4, 0.5) is 5.69 Å². The van der Waals surface area contributed by atoms with E-state index in [1.54, 1.807) is 12.1 Å². The van der Waals surface area contributed by atoms with Crippen LogP contribution in [0.5, 0.6) is 5.75 Å². The van der Waals surface area contributed by atoms with E-state index in [2.05, 4.69) is 10.9 Å². The minimum Gasteiger partial charge on any atom is -0.484 e. The van der Waals surface area contributed by atoms with Crippen molar-refractivity contribution >= 4 is 27.5 Å². The fourth-order valence-electron chi connectivity index (χ4n) is 3.26. The monoisotopic (exact) mass is 417 g/mol. The van der Waals surface area contributed by atoms with Gasteiger partial charge in [0.25, 0.3) is 11.8 Å². The molecule has 0 saturated carbocycles. The Labute approximate surface area is 169 Å². The second-order valence-corrected chi connectivity index (χ2v) is 8.95. The van der Waals surface area contributed by atoms with Gasteiger partial charge in [0.2, 0.25) is 10.0 Å². The zero-order valence-corrected chi connectivity index (χ0v) is 17.3. The molecule has 2 amide bonds. The van der Waals surface area contributed by atoms with Crippen molar-refractivity contribution in [2.24, 2.45) is 0 Å². The highest BCUT2D eigenvalue weighted by Gasteiger charge is 2.26. The summed E-state index contributed by atoms with van der Waals surface area (Å²) >= 11 is 0. The molecule has 0 fully saturated rings. The Morgan fingerprint density at radius 3 is 2.41 bits per heavy atom. The summed E-state index contributed by atoms with van der Waals surface area (Å²) < 4.78 is 30.3. The van der Waals surface area contributed by atoms with Crippen molar-refractivity contribution in [2.75, 3.05) is 23.7 Å². The molecule has 2 aromatic rings. The lowest BCUT2D eigenvalue weighted by Gasteiger charge is -2.16. The summed E-state index contributed by atoms with van der Waals surface area (Å²) in [6.45, 7) is 3.99. The molecule has 3 rings (SSSR count). The van der Waals surface area contributed by atoms with Gasteiger partial charge in [-0.25, -0.2) is 8.42 Å². The smallest absolute Gasteiger partial charge is 0.276 e. The number of hydrogen-bond acceptors (Lipinski definition) is 5. The third-order valence-corrected chi connectivity index (χ3v) is 5.66. The van der Waals surface area contributed by atoms with Crippen molar-refractivity contribution in [2.45, 2.75) is 20.3 Å². The maximum Gasteiger partial charge on any atom is 0.276 e. The van der Waals surface area contributed by atoms with Crippen LogP contribution in [0.3, 0.4) is 0 Å². The third kappa shape index (κ3) is 5.05. The van der Waals surface area contributed by atoms with E-state index in [0.717, 1.165) is 22.9 Å². The van der Waals surface area contributed by atoms with Crippen molar-refractivity contribution in [3.8, 4) is 5.75 Å². The number of carbonyl (C=O) groups excluding carboxylic acids is 2. The molecule has 8 nitrogen and oxygen atoms in total. The number of hydrogen-bond donors (Lipinski definition) is 2. The first-order chi connectivity index (χ1) is 13.6. The van der Waals surface area contributed by atoms with E-state index < -0.39 is 21.8 Å². The minimum atomic E-state index is -3.34. The molecule has 0 aliphatic carbocycles. The van der Waals surface area contributed by atoms with Crippen LogP contribution in [0.25, 0.3) is 0 Å². The van der Waals surface area contributed by atoms with E-state index >= 15 is 0 Å². The molecule has 0 unspecified atom stereocenters. The zero-order valence-electron chi connectivity index (χ0n) is 16.5. The van der Waals surface area contributed by atoms with Crippen molar-refractivity contribution in [3.63, 3.8) is 0 Å². The van der Waals surface area contributed by atoms with Crippen molar-refractivity contribution in [1.82, 2.24) is 10.9 Å². The predicted molar refractivity (Wildman–Crippen MR) is 109 cm³/mol. The average Bonchev–Trinajstić information content (AvgIpc) is 3.07. The highest BCUT2D eigenvalue weighted by Crippen LogP contribution is 2.30. The lowest BCUT2D eigenvalue weighted by molar-refractivity contribution is -0.123. The van der Waals surface area contributed by atoms with E-state index in [1.165, 1.54) is 10.4 Å². The number of nitrogens with one attached hydrogen (secondary N) is 2. The van der Waals surface area contributed by atoms with Crippen LogP contribution in [0, 0.1) is 13.8 Å². The molecule has 2 N–H and O–H groups in total. The van der Waals surface area contributed by atoms with E-state index in [0.29, 0.717) is 30.0 Å². The van der Waals surface area contributed by atoms with Gasteiger partial charge in [-0.15, -0.1) is 0 Å². The van der Waals surface area contributed by atoms with E-state index in [1.807, 2.05) is 32.0 Å². The van der Waals surface area contributed by atoms with E-state index in [4.69, 9.17) is 4.74 Å². The summed E-state index contributed by atoms with van der Waals surface area (Å²) in [5.41, 5.74) is 8.38. The number of fused-ring (bicyclic) bond motifs is 1. The Balaban J connectivity index is 1.55. The van der Waals surface area contributed by atoms with Gasteiger partial charge in [-0.3, -0.25) is 24.7 Å². The van der Waals surface area contributed by atoms with Gasteiger partial charge >= 0.3 is 0 Å². The molecule has 0 bridgehead atoms. The molecule has 1 aliphatic heterocycles. The van der Waals surface area contributed by atoms with E-state index in [9.17, 15) is 18.0 Å². The molecule has 154 valence electrons. The Hall–Kier alpha value is -3.07. The number of anilines is 1. The Bertz CT molecular complexity index is 1050. The molecule has 2 aromatic carbocycles.